The van der Waals surface area contributed by atoms with Gasteiger partial charge >= 0.3 is 0 Å². The number of halogens is 3. The Hall–Kier alpha value is -0.870. The van der Waals surface area contributed by atoms with Crippen LogP contribution in [0.4, 0.5) is 4.39 Å². The van der Waals surface area contributed by atoms with E-state index in [0.717, 1.165) is 14.5 Å². The van der Waals surface area contributed by atoms with E-state index in [1.165, 1.54) is 7.11 Å². The lowest BCUT2D eigenvalue weighted by molar-refractivity contribution is 0.387. The molecule has 0 radical (unpaired) electrons. The highest BCUT2D eigenvalue weighted by atomic mass is 79.9. The van der Waals surface area contributed by atoms with Crippen molar-refractivity contribution in [3.05, 3.63) is 51.2 Å². The molecule has 1 nitrogen and oxygen atoms in total. The number of methoxy groups -OCH3 is 1. The lowest BCUT2D eigenvalue weighted by Crippen LogP contribution is -1.92. The Morgan fingerprint density at radius 1 is 1.00 bits per heavy atom. The first-order chi connectivity index (χ1) is 8.11. The zero-order valence-corrected chi connectivity index (χ0v) is 12.2. The van der Waals surface area contributed by atoms with Gasteiger partial charge in [0.15, 0.2) is 11.6 Å². The van der Waals surface area contributed by atoms with E-state index in [9.17, 15) is 4.39 Å². The van der Waals surface area contributed by atoms with E-state index in [4.69, 9.17) is 4.74 Å². The second-order valence-corrected chi connectivity index (χ2v) is 5.31. The van der Waals surface area contributed by atoms with Gasteiger partial charge in [-0.05, 0) is 29.8 Å². The van der Waals surface area contributed by atoms with Crippen molar-refractivity contribution in [3.63, 3.8) is 0 Å². The van der Waals surface area contributed by atoms with Crippen LogP contribution in [0.3, 0.4) is 0 Å². The molecular weight excluding hydrogens is 351 g/mol. The second kappa shape index (κ2) is 5.19. The molecule has 2 aromatic carbocycles. The fourth-order valence-electron chi connectivity index (χ4n) is 1.55. The minimum absolute atomic E-state index is 0.234. The first-order valence-corrected chi connectivity index (χ1v) is 6.49. The smallest absolute Gasteiger partial charge is 0.172 e. The molecule has 2 aromatic rings. The molecule has 0 bridgehead atoms. The van der Waals surface area contributed by atoms with Crippen LogP contribution in [0, 0.1) is 5.82 Å². The maximum absolute atomic E-state index is 14.1. The first kappa shape index (κ1) is 12.6. The van der Waals surface area contributed by atoms with Gasteiger partial charge in [-0.2, -0.15) is 0 Å². The number of benzene rings is 2. The summed E-state index contributed by atoms with van der Waals surface area (Å²) in [5.41, 5.74) is 1.33. The van der Waals surface area contributed by atoms with E-state index in [1.807, 2.05) is 24.3 Å². The standard InChI is InChI=1S/C13H9Br2FO/c1-17-12-7-10(15)6-11(13(12)16)8-2-4-9(14)5-3-8/h2-7H,1H3. The summed E-state index contributed by atoms with van der Waals surface area (Å²) in [5.74, 6) is -0.115. The summed E-state index contributed by atoms with van der Waals surface area (Å²) in [6, 6.07) is 10.8. The molecule has 17 heavy (non-hydrogen) atoms. The van der Waals surface area contributed by atoms with Crippen LogP contribution in [0.2, 0.25) is 0 Å². The quantitative estimate of drug-likeness (QED) is 0.730. The summed E-state index contributed by atoms with van der Waals surface area (Å²) >= 11 is 6.70. The lowest BCUT2D eigenvalue weighted by atomic mass is 10.1. The molecule has 0 unspecified atom stereocenters. The van der Waals surface area contributed by atoms with Crippen LogP contribution in [0.1, 0.15) is 0 Å². The van der Waals surface area contributed by atoms with E-state index >= 15 is 0 Å². The molecule has 0 heterocycles. The molecule has 0 aliphatic rings. The first-order valence-electron chi connectivity index (χ1n) is 4.91. The third kappa shape index (κ3) is 2.69. The maximum Gasteiger partial charge on any atom is 0.172 e. The summed E-state index contributed by atoms with van der Waals surface area (Å²) in [5, 5.41) is 0. The van der Waals surface area contributed by atoms with E-state index in [2.05, 4.69) is 31.9 Å². The number of hydrogen-bond donors (Lipinski definition) is 0. The van der Waals surface area contributed by atoms with E-state index in [-0.39, 0.29) is 11.6 Å². The van der Waals surface area contributed by atoms with Crippen LogP contribution >= 0.6 is 31.9 Å². The highest BCUT2D eigenvalue weighted by Crippen LogP contribution is 2.33. The molecule has 0 aromatic heterocycles. The summed E-state index contributed by atoms with van der Waals surface area (Å²) in [7, 11) is 1.45. The Kier molecular flexibility index (Phi) is 3.84. The molecule has 0 spiro atoms. The Morgan fingerprint density at radius 2 is 1.65 bits per heavy atom. The Balaban J connectivity index is 2.58. The normalized spacial score (nSPS) is 10.4. The number of ether oxygens (including phenoxy) is 1. The Bertz CT molecular complexity index is 538. The second-order valence-electron chi connectivity index (χ2n) is 3.48. The Labute approximate surface area is 116 Å². The number of hydrogen-bond acceptors (Lipinski definition) is 1. The SMILES string of the molecule is COc1cc(Br)cc(-c2ccc(Br)cc2)c1F. The molecule has 88 valence electrons. The molecular formula is C13H9Br2FO. The van der Waals surface area contributed by atoms with E-state index < -0.39 is 0 Å². The van der Waals surface area contributed by atoms with Gasteiger partial charge in [-0.3, -0.25) is 0 Å². The van der Waals surface area contributed by atoms with Crippen LogP contribution in [-0.4, -0.2) is 7.11 Å². The molecule has 0 amide bonds. The van der Waals surface area contributed by atoms with Gasteiger partial charge in [-0.1, -0.05) is 44.0 Å². The van der Waals surface area contributed by atoms with E-state index in [0.29, 0.717) is 5.56 Å². The third-order valence-corrected chi connectivity index (χ3v) is 3.37. The highest BCUT2D eigenvalue weighted by Gasteiger charge is 2.12. The van der Waals surface area contributed by atoms with Gasteiger partial charge < -0.3 is 4.74 Å². The van der Waals surface area contributed by atoms with Crippen LogP contribution in [-0.2, 0) is 0 Å². The van der Waals surface area contributed by atoms with Gasteiger partial charge in [0.1, 0.15) is 0 Å². The predicted molar refractivity (Wildman–Crippen MR) is 73.8 cm³/mol. The monoisotopic (exact) mass is 358 g/mol. The van der Waals surface area contributed by atoms with Gasteiger partial charge in [0.25, 0.3) is 0 Å². The predicted octanol–water partition coefficient (Wildman–Crippen LogP) is 5.03. The fourth-order valence-corrected chi connectivity index (χ4v) is 2.25. The van der Waals surface area contributed by atoms with Crippen molar-refractivity contribution in [2.45, 2.75) is 0 Å². The van der Waals surface area contributed by atoms with E-state index in [1.54, 1.807) is 12.1 Å². The van der Waals surface area contributed by atoms with Crippen LogP contribution in [0.15, 0.2) is 45.3 Å². The van der Waals surface area contributed by atoms with Gasteiger partial charge in [0.05, 0.1) is 7.11 Å². The van der Waals surface area contributed by atoms with Gasteiger partial charge in [-0.25, -0.2) is 4.39 Å². The lowest BCUT2D eigenvalue weighted by Gasteiger charge is -2.09. The average molecular weight is 360 g/mol. The van der Waals surface area contributed by atoms with Crippen molar-refractivity contribution in [1.82, 2.24) is 0 Å². The molecule has 0 N–H and O–H groups in total. The van der Waals surface area contributed by atoms with Crippen LogP contribution in [0.5, 0.6) is 5.75 Å². The van der Waals surface area contributed by atoms with Gasteiger partial charge in [0, 0.05) is 14.5 Å². The van der Waals surface area contributed by atoms with Crippen molar-refractivity contribution in [1.29, 1.82) is 0 Å². The minimum atomic E-state index is -0.349. The summed E-state index contributed by atoms with van der Waals surface area (Å²) in [6.45, 7) is 0. The molecule has 4 heteroatoms. The zero-order chi connectivity index (χ0) is 12.4. The topological polar surface area (TPSA) is 9.23 Å². The summed E-state index contributed by atoms with van der Waals surface area (Å²) in [6.07, 6.45) is 0. The zero-order valence-electron chi connectivity index (χ0n) is 9.01. The largest absolute Gasteiger partial charge is 0.494 e. The molecule has 0 saturated heterocycles. The third-order valence-electron chi connectivity index (χ3n) is 2.38. The highest BCUT2D eigenvalue weighted by molar-refractivity contribution is 9.10. The number of rotatable bonds is 2. The molecule has 0 fully saturated rings. The van der Waals surface area contributed by atoms with Crippen molar-refractivity contribution in [3.8, 4) is 16.9 Å². The van der Waals surface area contributed by atoms with Crippen molar-refractivity contribution >= 4 is 31.9 Å². The molecule has 0 saturated carbocycles. The van der Waals surface area contributed by atoms with Crippen molar-refractivity contribution < 1.29 is 9.13 Å². The van der Waals surface area contributed by atoms with Gasteiger partial charge in [-0.15, -0.1) is 0 Å². The van der Waals surface area contributed by atoms with Crippen LogP contribution < -0.4 is 4.74 Å². The maximum atomic E-state index is 14.1. The van der Waals surface area contributed by atoms with Gasteiger partial charge in [0.2, 0.25) is 0 Å². The summed E-state index contributed by atoms with van der Waals surface area (Å²) < 4.78 is 20.8. The van der Waals surface area contributed by atoms with Crippen molar-refractivity contribution in [2.75, 3.05) is 7.11 Å². The molecule has 0 aliphatic carbocycles. The molecule has 0 atom stereocenters. The minimum Gasteiger partial charge on any atom is -0.494 e. The fraction of sp³-hybridized carbons (Fsp3) is 0.0769. The molecule has 0 aliphatic heterocycles. The molecule has 2 rings (SSSR count). The summed E-state index contributed by atoms with van der Waals surface area (Å²) in [4.78, 5) is 0. The van der Waals surface area contributed by atoms with Crippen molar-refractivity contribution in [2.24, 2.45) is 0 Å². The Morgan fingerprint density at radius 3 is 2.24 bits per heavy atom. The van der Waals surface area contributed by atoms with Crippen LogP contribution in [0.25, 0.3) is 11.1 Å². The average Bonchev–Trinajstić information content (AvgIpc) is 2.33.